The lowest BCUT2D eigenvalue weighted by Gasteiger charge is -2.14. The molecule has 2 heterocycles. The monoisotopic (exact) mass is 240 g/mol. The molecule has 3 nitrogen and oxygen atoms in total. The van der Waals surface area contributed by atoms with Crippen molar-refractivity contribution in [3.8, 4) is 0 Å². The molecule has 0 aromatic carbocycles. The maximum atomic E-state index is 5.59. The van der Waals surface area contributed by atoms with Crippen molar-refractivity contribution >= 4 is 11.3 Å². The van der Waals surface area contributed by atoms with Crippen LogP contribution >= 0.6 is 11.3 Å². The summed E-state index contributed by atoms with van der Waals surface area (Å²) in [4.78, 5) is 5.81. The normalized spacial score (nSPS) is 22.5. The van der Waals surface area contributed by atoms with E-state index in [1.54, 1.807) is 0 Å². The smallest absolute Gasteiger partial charge is 0.109 e. The molecule has 16 heavy (non-hydrogen) atoms. The lowest BCUT2D eigenvalue weighted by Crippen LogP contribution is -2.28. The van der Waals surface area contributed by atoms with E-state index in [1.165, 1.54) is 22.7 Å². The van der Waals surface area contributed by atoms with Crippen molar-refractivity contribution in [3.05, 3.63) is 16.1 Å². The lowest BCUT2D eigenvalue weighted by molar-refractivity contribution is 0.108. The van der Waals surface area contributed by atoms with Gasteiger partial charge in [-0.15, -0.1) is 11.3 Å². The summed E-state index contributed by atoms with van der Waals surface area (Å²) in [6.45, 7) is 6.22. The number of nitrogens with one attached hydrogen (secondary N) is 1. The first-order chi connectivity index (χ1) is 7.79. The van der Waals surface area contributed by atoms with Crippen LogP contribution in [-0.2, 0) is 11.2 Å². The number of rotatable bonds is 5. The number of thiazole rings is 1. The highest BCUT2D eigenvalue weighted by molar-refractivity contribution is 7.11. The van der Waals surface area contributed by atoms with Crippen LogP contribution in [-0.4, -0.2) is 24.2 Å². The van der Waals surface area contributed by atoms with Crippen LogP contribution in [0.15, 0.2) is 6.20 Å². The number of aromatic nitrogens is 1. The summed E-state index contributed by atoms with van der Waals surface area (Å²) in [5.41, 5.74) is 0. The summed E-state index contributed by atoms with van der Waals surface area (Å²) in [7, 11) is 0. The van der Waals surface area contributed by atoms with Gasteiger partial charge in [-0.2, -0.15) is 0 Å². The van der Waals surface area contributed by atoms with Crippen LogP contribution in [0, 0.1) is 0 Å². The van der Waals surface area contributed by atoms with Crippen molar-refractivity contribution < 1.29 is 4.74 Å². The summed E-state index contributed by atoms with van der Waals surface area (Å²) in [6.07, 6.45) is 5.88. The topological polar surface area (TPSA) is 34.2 Å². The van der Waals surface area contributed by atoms with E-state index in [4.69, 9.17) is 4.74 Å². The number of nitrogens with zero attached hydrogens (tertiary/aromatic N) is 1. The average molecular weight is 240 g/mol. The highest BCUT2D eigenvalue weighted by Crippen LogP contribution is 2.20. The molecule has 1 aliphatic heterocycles. The molecule has 1 N–H and O–H groups in total. The third-order valence-electron chi connectivity index (χ3n) is 2.97. The molecule has 90 valence electrons. The van der Waals surface area contributed by atoms with Crippen molar-refractivity contribution in [2.75, 3.05) is 13.2 Å². The molecular formula is C12H20N2OS. The van der Waals surface area contributed by atoms with E-state index in [2.05, 4.69) is 24.1 Å². The van der Waals surface area contributed by atoms with E-state index < -0.39 is 0 Å². The SMILES string of the molecule is CCc1cnc(C(C)NCC2CCCO2)s1. The second-order valence-electron chi connectivity index (χ2n) is 4.28. The Morgan fingerprint density at radius 3 is 3.19 bits per heavy atom. The van der Waals surface area contributed by atoms with Gasteiger partial charge in [0, 0.05) is 24.2 Å². The second kappa shape index (κ2) is 5.75. The largest absolute Gasteiger partial charge is 0.377 e. The predicted octanol–water partition coefficient (Wildman–Crippen LogP) is 2.54. The molecule has 1 fully saturated rings. The van der Waals surface area contributed by atoms with Crippen LogP contribution in [0.3, 0.4) is 0 Å². The summed E-state index contributed by atoms with van der Waals surface area (Å²) < 4.78 is 5.59. The Balaban J connectivity index is 1.80. The van der Waals surface area contributed by atoms with Gasteiger partial charge in [0.05, 0.1) is 12.1 Å². The Kier molecular flexibility index (Phi) is 4.32. The zero-order chi connectivity index (χ0) is 11.4. The van der Waals surface area contributed by atoms with Crippen LogP contribution in [0.1, 0.15) is 42.6 Å². The van der Waals surface area contributed by atoms with Crippen LogP contribution in [0.4, 0.5) is 0 Å². The lowest BCUT2D eigenvalue weighted by atomic mass is 10.2. The molecule has 2 atom stereocenters. The summed E-state index contributed by atoms with van der Waals surface area (Å²) in [6, 6.07) is 0.342. The molecule has 2 unspecified atom stereocenters. The fourth-order valence-electron chi connectivity index (χ4n) is 1.89. The van der Waals surface area contributed by atoms with E-state index in [0.717, 1.165) is 19.6 Å². The first-order valence-corrected chi connectivity index (χ1v) is 6.91. The Labute approximate surface area is 101 Å². The summed E-state index contributed by atoms with van der Waals surface area (Å²) >= 11 is 1.81. The van der Waals surface area contributed by atoms with Crippen molar-refractivity contribution in [2.45, 2.75) is 45.3 Å². The fraction of sp³-hybridized carbons (Fsp3) is 0.750. The van der Waals surface area contributed by atoms with Gasteiger partial charge < -0.3 is 10.1 Å². The van der Waals surface area contributed by atoms with Gasteiger partial charge in [-0.3, -0.25) is 0 Å². The summed E-state index contributed by atoms with van der Waals surface area (Å²) in [5, 5.41) is 4.69. The Bertz CT molecular complexity index is 321. The third-order valence-corrected chi connectivity index (χ3v) is 4.29. The van der Waals surface area contributed by atoms with Gasteiger partial charge in [0.2, 0.25) is 0 Å². The average Bonchev–Trinajstić information content (AvgIpc) is 2.96. The van der Waals surface area contributed by atoms with Gasteiger partial charge in [0.25, 0.3) is 0 Å². The molecule has 0 aliphatic carbocycles. The van der Waals surface area contributed by atoms with E-state index in [1.807, 2.05) is 17.5 Å². The van der Waals surface area contributed by atoms with Gasteiger partial charge >= 0.3 is 0 Å². The zero-order valence-electron chi connectivity index (χ0n) is 10.0. The molecule has 1 aliphatic rings. The maximum absolute atomic E-state index is 5.59. The van der Waals surface area contributed by atoms with Gasteiger partial charge in [-0.1, -0.05) is 6.92 Å². The number of hydrogen-bond acceptors (Lipinski definition) is 4. The predicted molar refractivity (Wildman–Crippen MR) is 66.9 cm³/mol. The van der Waals surface area contributed by atoms with Crippen LogP contribution in [0.2, 0.25) is 0 Å². The standard InChI is InChI=1S/C12H20N2OS/c1-3-11-8-14-12(16-11)9(2)13-7-10-5-4-6-15-10/h8-10,13H,3-7H2,1-2H3. The quantitative estimate of drug-likeness (QED) is 0.859. The Hall–Kier alpha value is -0.450. The fourth-order valence-corrected chi connectivity index (χ4v) is 2.77. The van der Waals surface area contributed by atoms with Gasteiger partial charge in [-0.05, 0) is 26.2 Å². The third kappa shape index (κ3) is 3.03. The molecule has 2 rings (SSSR count). The molecule has 0 amide bonds. The van der Waals surface area contributed by atoms with Crippen LogP contribution in [0.5, 0.6) is 0 Å². The molecule has 0 bridgehead atoms. The van der Waals surface area contributed by atoms with Crippen LogP contribution < -0.4 is 5.32 Å². The minimum Gasteiger partial charge on any atom is -0.377 e. The van der Waals surface area contributed by atoms with Gasteiger partial charge in [0.1, 0.15) is 5.01 Å². The molecule has 0 saturated carbocycles. The van der Waals surface area contributed by atoms with Crippen molar-refractivity contribution in [2.24, 2.45) is 0 Å². The van der Waals surface area contributed by atoms with E-state index in [-0.39, 0.29) is 0 Å². The Morgan fingerprint density at radius 2 is 2.56 bits per heavy atom. The molecule has 4 heteroatoms. The first kappa shape index (κ1) is 12.0. The number of ether oxygens (including phenoxy) is 1. The highest BCUT2D eigenvalue weighted by Gasteiger charge is 2.17. The summed E-state index contributed by atoms with van der Waals surface area (Å²) in [5.74, 6) is 0. The van der Waals surface area contributed by atoms with Crippen molar-refractivity contribution in [1.29, 1.82) is 0 Å². The van der Waals surface area contributed by atoms with Crippen molar-refractivity contribution in [1.82, 2.24) is 10.3 Å². The van der Waals surface area contributed by atoms with Gasteiger partial charge in [-0.25, -0.2) is 4.98 Å². The highest BCUT2D eigenvalue weighted by atomic mass is 32.1. The minimum absolute atomic E-state index is 0.342. The molecule has 1 saturated heterocycles. The van der Waals surface area contributed by atoms with Crippen molar-refractivity contribution in [3.63, 3.8) is 0 Å². The second-order valence-corrected chi connectivity index (χ2v) is 5.43. The molecule has 1 aromatic rings. The van der Waals surface area contributed by atoms with E-state index in [9.17, 15) is 0 Å². The van der Waals surface area contributed by atoms with E-state index >= 15 is 0 Å². The number of hydrogen-bond donors (Lipinski definition) is 1. The van der Waals surface area contributed by atoms with Crippen LogP contribution in [0.25, 0.3) is 0 Å². The molecule has 0 spiro atoms. The first-order valence-electron chi connectivity index (χ1n) is 6.09. The maximum Gasteiger partial charge on any atom is 0.109 e. The Morgan fingerprint density at radius 1 is 1.69 bits per heavy atom. The zero-order valence-corrected chi connectivity index (χ0v) is 10.8. The number of aryl methyl sites for hydroxylation is 1. The minimum atomic E-state index is 0.342. The molecule has 1 aromatic heterocycles. The van der Waals surface area contributed by atoms with E-state index in [0.29, 0.717) is 12.1 Å². The molecular weight excluding hydrogens is 220 g/mol. The molecule has 0 radical (unpaired) electrons. The van der Waals surface area contributed by atoms with Gasteiger partial charge in [0.15, 0.2) is 0 Å².